The quantitative estimate of drug-likeness (QED) is 0.382. The monoisotopic (exact) mass is 387 g/mol. The summed E-state index contributed by atoms with van der Waals surface area (Å²) in [4.78, 5) is 4.20. The molecule has 1 aromatic rings. The molecular weight excluding hydrogens is 362 g/mol. The average molecular weight is 388 g/mol. The van der Waals surface area contributed by atoms with Gasteiger partial charge in [-0.25, -0.2) is 8.42 Å². The first-order valence-corrected chi connectivity index (χ1v) is 10.7. The number of halogens is 1. The Morgan fingerprint density at radius 2 is 2.08 bits per heavy atom. The lowest BCUT2D eigenvalue weighted by Crippen LogP contribution is -2.42. The minimum absolute atomic E-state index is 0.0438. The number of benzene rings is 1. The number of rotatable bonds is 9. The first-order chi connectivity index (χ1) is 11.8. The molecule has 0 spiro atoms. The van der Waals surface area contributed by atoms with E-state index in [-0.39, 0.29) is 17.8 Å². The summed E-state index contributed by atoms with van der Waals surface area (Å²) in [5.74, 6) is 0.752. The van der Waals surface area contributed by atoms with Gasteiger partial charge in [0.2, 0.25) is 0 Å². The third kappa shape index (κ3) is 6.84. The number of nitrogens with zero attached hydrogens (tertiary/aromatic N) is 1. The molecule has 1 aromatic carbocycles. The Labute approximate surface area is 154 Å². The van der Waals surface area contributed by atoms with Crippen molar-refractivity contribution in [3.63, 3.8) is 0 Å². The molecule has 0 aromatic heterocycles. The molecule has 140 valence electrons. The summed E-state index contributed by atoms with van der Waals surface area (Å²) >= 11 is 6.10. The second kappa shape index (κ2) is 8.87. The Morgan fingerprint density at radius 1 is 1.32 bits per heavy atom. The van der Waals surface area contributed by atoms with Crippen LogP contribution in [0.4, 0.5) is 0 Å². The average Bonchev–Trinajstić information content (AvgIpc) is 3.34. The van der Waals surface area contributed by atoms with Crippen molar-refractivity contribution >= 4 is 27.4 Å². The van der Waals surface area contributed by atoms with Crippen molar-refractivity contribution in [2.45, 2.75) is 18.3 Å². The predicted molar refractivity (Wildman–Crippen MR) is 102 cm³/mol. The number of sulfone groups is 1. The van der Waals surface area contributed by atoms with Crippen molar-refractivity contribution in [1.82, 2.24) is 10.6 Å². The molecule has 1 aliphatic carbocycles. The molecule has 0 amide bonds. The van der Waals surface area contributed by atoms with Gasteiger partial charge in [0.25, 0.3) is 0 Å². The second-order valence-corrected chi connectivity index (χ2v) is 9.08. The maximum atomic E-state index is 11.0. The minimum atomic E-state index is -2.97. The highest BCUT2D eigenvalue weighted by Crippen LogP contribution is 2.48. The fraction of sp³-hybridized carbons (Fsp3) is 0.588. The van der Waals surface area contributed by atoms with Gasteiger partial charge in [-0.15, -0.1) is 0 Å². The lowest BCUT2D eigenvalue weighted by molar-refractivity contribution is 0.154. The SMILES string of the molecule is CN=C(NCCOCCS(C)(=O)=O)NCC1(c2cccc(Cl)c2)CC1. The van der Waals surface area contributed by atoms with E-state index < -0.39 is 9.84 Å². The van der Waals surface area contributed by atoms with Crippen LogP contribution in [0.1, 0.15) is 18.4 Å². The lowest BCUT2D eigenvalue weighted by atomic mass is 9.96. The smallest absolute Gasteiger partial charge is 0.191 e. The molecule has 2 N–H and O–H groups in total. The van der Waals surface area contributed by atoms with Gasteiger partial charge >= 0.3 is 0 Å². The normalized spacial score (nSPS) is 16.5. The maximum absolute atomic E-state index is 11.0. The molecule has 0 unspecified atom stereocenters. The fourth-order valence-corrected chi connectivity index (χ4v) is 3.18. The van der Waals surface area contributed by atoms with Crippen LogP contribution in [0.15, 0.2) is 29.3 Å². The maximum Gasteiger partial charge on any atom is 0.191 e. The highest BCUT2D eigenvalue weighted by molar-refractivity contribution is 7.90. The van der Waals surface area contributed by atoms with Gasteiger partial charge in [0.05, 0.1) is 19.0 Å². The van der Waals surface area contributed by atoms with Crippen molar-refractivity contribution in [3.8, 4) is 0 Å². The summed E-state index contributed by atoms with van der Waals surface area (Å²) in [6.45, 7) is 2.00. The Morgan fingerprint density at radius 3 is 2.68 bits per heavy atom. The van der Waals surface area contributed by atoms with E-state index in [0.717, 1.165) is 24.4 Å². The van der Waals surface area contributed by atoms with E-state index >= 15 is 0 Å². The Kier molecular flexibility index (Phi) is 7.10. The summed E-state index contributed by atoms with van der Waals surface area (Å²) < 4.78 is 27.3. The van der Waals surface area contributed by atoms with Gasteiger partial charge in [-0.2, -0.15) is 0 Å². The van der Waals surface area contributed by atoms with Gasteiger partial charge in [-0.3, -0.25) is 4.99 Å². The Hall–Kier alpha value is -1.31. The van der Waals surface area contributed by atoms with Crippen LogP contribution in [-0.4, -0.2) is 59.7 Å². The van der Waals surface area contributed by atoms with Gasteiger partial charge in [0.15, 0.2) is 5.96 Å². The highest BCUT2D eigenvalue weighted by atomic mass is 35.5. The molecule has 0 bridgehead atoms. The van der Waals surface area contributed by atoms with Crippen LogP contribution in [0.3, 0.4) is 0 Å². The van der Waals surface area contributed by atoms with Crippen molar-refractivity contribution < 1.29 is 13.2 Å². The molecule has 0 radical (unpaired) electrons. The lowest BCUT2D eigenvalue weighted by Gasteiger charge is -2.19. The van der Waals surface area contributed by atoms with E-state index in [4.69, 9.17) is 16.3 Å². The molecule has 6 nitrogen and oxygen atoms in total. The molecule has 1 aliphatic rings. The molecule has 2 rings (SSSR count). The third-order valence-corrected chi connectivity index (χ3v) is 5.39. The molecule has 8 heteroatoms. The fourth-order valence-electron chi connectivity index (χ4n) is 2.56. The van der Waals surface area contributed by atoms with Crippen LogP contribution >= 0.6 is 11.6 Å². The number of aliphatic imine (C=N–C) groups is 1. The molecule has 1 saturated carbocycles. The van der Waals surface area contributed by atoms with Crippen molar-refractivity contribution in [2.24, 2.45) is 4.99 Å². The zero-order valence-corrected chi connectivity index (χ0v) is 16.3. The number of nitrogens with one attached hydrogen (secondary N) is 2. The Bertz CT molecular complexity index is 703. The largest absolute Gasteiger partial charge is 0.379 e. The molecule has 1 fully saturated rings. The summed E-state index contributed by atoms with van der Waals surface area (Å²) in [5, 5.41) is 7.28. The Balaban J connectivity index is 1.70. The summed E-state index contributed by atoms with van der Waals surface area (Å²) in [6.07, 6.45) is 3.46. The topological polar surface area (TPSA) is 79.8 Å². The van der Waals surface area contributed by atoms with E-state index in [1.807, 2.05) is 18.2 Å². The molecule has 0 heterocycles. The van der Waals surface area contributed by atoms with Crippen molar-refractivity contribution in [2.75, 3.05) is 45.4 Å². The summed E-state index contributed by atoms with van der Waals surface area (Å²) in [6, 6.07) is 8.02. The van der Waals surface area contributed by atoms with E-state index in [9.17, 15) is 8.42 Å². The van der Waals surface area contributed by atoms with Crippen LogP contribution in [0.2, 0.25) is 5.02 Å². The zero-order chi connectivity index (χ0) is 18.3. The predicted octanol–water partition coefficient (Wildman–Crippen LogP) is 1.60. The van der Waals surface area contributed by atoms with Crippen LogP contribution in [-0.2, 0) is 20.0 Å². The van der Waals surface area contributed by atoms with Crippen molar-refractivity contribution in [1.29, 1.82) is 0 Å². The summed E-state index contributed by atoms with van der Waals surface area (Å²) in [5.41, 5.74) is 1.39. The number of ether oxygens (including phenoxy) is 1. The van der Waals surface area contributed by atoms with E-state index in [1.165, 1.54) is 11.8 Å². The van der Waals surface area contributed by atoms with Crippen LogP contribution in [0.5, 0.6) is 0 Å². The first kappa shape index (κ1) is 20.0. The van der Waals surface area contributed by atoms with Gasteiger partial charge in [0.1, 0.15) is 9.84 Å². The molecule has 0 saturated heterocycles. The number of hydrogen-bond donors (Lipinski definition) is 2. The van der Waals surface area contributed by atoms with Gasteiger partial charge in [0, 0.05) is 36.8 Å². The van der Waals surface area contributed by atoms with Crippen LogP contribution in [0, 0.1) is 0 Å². The first-order valence-electron chi connectivity index (χ1n) is 8.31. The van der Waals surface area contributed by atoms with E-state index in [0.29, 0.717) is 19.1 Å². The van der Waals surface area contributed by atoms with E-state index in [1.54, 1.807) is 7.05 Å². The van der Waals surface area contributed by atoms with Crippen LogP contribution in [0.25, 0.3) is 0 Å². The molecule has 0 atom stereocenters. The van der Waals surface area contributed by atoms with Gasteiger partial charge < -0.3 is 15.4 Å². The minimum Gasteiger partial charge on any atom is -0.379 e. The highest BCUT2D eigenvalue weighted by Gasteiger charge is 2.44. The van der Waals surface area contributed by atoms with E-state index in [2.05, 4.69) is 21.7 Å². The molecular formula is C17H26ClN3O3S. The third-order valence-electron chi connectivity index (χ3n) is 4.25. The zero-order valence-electron chi connectivity index (χ0n) is 14.7. The van der Waals surface area contributed by atoms with Crippen molar-refractivity contribution in [3.05, 3.63) is 34.9 Å². The number of hydrogen-bond acceptors (Lipinski definition) is 4. The van der Waals surface area contributed by atoms with Crippen LogP contribution < -0.4 is 10.6 Å². The standard InChI is InChI=1S/C17H26ClN3O3S/c1-19-16(20-8-9-24-10-11-25(2,22)23)21-13-17(6-7-17)14-4-3-5-15(18)12-14/h3-5,12H,6-11,13H2,1-2H3,(H2,19,20,21). The molecule has 25 heavy (non-hydrogen) atoms. The van der Waals surface area contributed by atoms with Gasteiger partial charge in [-0.1, -0.05) is 23.7 Å². The second-order valence-electron chi connectivity index (χ2n) is 6.39. The van der Waals surface area contributed by atoms with Gasteiger partial charge in [-0.05, 0) is 30.5 Å². The number of guanidine groups is 1. The summed E-state index contributed by atoms with van der Waals surface area (Å²) in [7, 11) is -1.25. The molecule has 0 aliphatic heterocycles.